The second-order valence-corrected chi connectivity index (χ2v) is 3.56. The maximum atomic E-state index is 10.6. The van der Waals surface area contributed by atoms with Gasteiger partial charge < -0.3 is 5.11 Å². The van der Waals surface area contributed by atoms with Crippen LogP contribution < -0.4 is 0 Å². The summed E-state index contributed by atoms with van der Waals surface area (Å²) >= 11 is 0. The molecule has 2 fully saturated rings. The molecule has 0 unspecified atom stereocenters. The molecule has 12 heavy (non-hydrogen) atoms. The number of fused-ring (bicyclic) bond motifs is 1. The number of carboxylic acids is 1. The summed E-state index contributed by atoms with van der Waals surface area (Å²) in [6, 6.07) is 0.594. The molecule has 2 saturated heterocycles. The molecule has 0 amide bonds. The van der Waals surface area contributed by atoms with E-state index in [0.29, 0.717) is 6.04 Å². The quantitative estimate of drug-likeness (QED) is 0.672. The zero-order valence-electron chi connectivity index (χ0n) is 6.90. The number of hydrogen-bond acceptors (Lipinski definition) is 2. The number of nitrogens with zero attached hydrogens (tertiary/aromatic N) is 1. The third-order valence-electron chi connectivity index (χ3n) is 2.86. The van der Waals surface area contributed by atoms with Crippen molar-refractivity contribution in [2.45, 2.75) is 25.3 Å². The van der Waals surface area contributed by atoms with E-state index in [4.69, 9.17) is 5.11 Å². The summed E-state index contributed by atoms with van der Waals surface area (Å²) in [5.74, 6) is -0.695. The molecule has 70 valence electrons. The first-order valence-electron chi connectivity index (χ1n) is 4.24. The molecule has 0 radical (unpaired) electrons. The second kappa shape index (κ2) is 3.62. The largest absolute Gasteiger partial charge is 0.481 e. The summed E-state index contributed by atoms with van der Waals surface area (Å²) in [7, 11) is 0. The molecular weight excluding hydrogens is 178 g/mol. The van der Waals surface area contributed by atoms with E-state index in [9.17, 15) is 4.79 Å². The van der Waals surface area contributed by atoms with Gasteiger partial charge in [0, 0.05) is 12.6 Å². The minimum absolute atomic E-state index is 0. The second-order valence-electron chi connectivity index (χ2n) is 3.56. The Balaban J connectivity index is 0.000000720. The van der Waals surface area contributed by atoms with Gasteiger partial charge in [-0.15, -0.1) is 12.4 Å². The fourth-order valence-corrected chi connectivity index (χ4v) is 2.27. The first kappa shape index (κ1) is 9.81. The van der Waals surface area contributed by atoms with Crippen LogP contribution in [-0.2, 0) is 4.79 Å². The summed E-state index contributed by atoms with van der Waals surface area (Å²) in [6.07, 6.45) is 3.36. The van der Waals surface area contributed by atoms with Crippen molar-refractivity contribution in [2.75, 3.05) is 13.1 Å². The lowest BCUT2D eigenvalue weighted by atomic mass is 10.0. The maximum Gasteiger partial charge on any atom is 0.307 e. The molecule has 4 heteroatoms. The summed E-state index contributed by atoms with van der Waals surface area (Å²) in [5, 5.41) is 8.74. The highest BCUT2D eigenvalue weighted by Gasteiger charge is 2.38. The molecule has 0 bridgehead atoms. The summed E-state index contributed by atoms with van der Waals surface area (Å²) in [5.41, 5.74) is 0. The zero-order chi connectivity index (χ0) is 7.84. The first-order valence-corrected chi connectivity index (χ1v) is 4.24. The predicted molar refractivity (Wildman–Crippen MR) is 47.6 cm³/mol. The van der Waals surface area contributed by atoms with Crippen LogP contribution in [-0.4, -0.2) is 35.1 Å². The lowest BCUT2D eigenvalue weighted by Crippen LogP contribution is -2.23. The van der Waals surface area contributed by atoms with Crippen LogP contribution in [0.15, 0.2) is 0 Å². The van der Waals surface area contributed by atoms with Gasteiger partial charge in [0.05, 0.1) is 5.92 Å². The predicted octanol–water partition coefficient (Wildman–Crippen LogP) is 0.977. The molecule has 2 atom stereocenters. The molecule has 3 nitrogen and oxygen atoms in total. The number of hydrogen-bond donors (Lipinski definition) is 1. The van der Waals surface area contributed by atoms with Gasteiger partial charge in [0.2, 0.25) is 0 Å². The van der Waals surface area contributed by atoms with Crippen molar-refractivity contribution in [1.82, 2.24) is 4.90 Å². The Labute approximate surface area is 78.2 Å². The van der Waals surface area contributed by atoms with Gasteiger partial charge in [-0.25, -0.2) is 0 Å². The Morgan fingerprint density at radius 3 is 2.83 bits per heavy atom. The average molecular weight is 192 g/mol. The van der Waals surface area contributed by atoms with Crippen molar-refractivity contribution in [3.8, 4) is 0 Å². The molecule has 1 N–H and O–H groups in total. The standard InChI is InChI=1S/C8H13NO2.ClH/c10-8(11)6-4-7-2-1-3-9(7)5-6;/h6-7H,1-5H2,(H,10,11);1H/t6-,7-;/m0./s1. The van der Waals surface area contributed by atoms with Crippen LogP contribution in [0.2, 0.25) is 0 Å². The van der Waals surface area contributed by atoms with E-state index in [1.165, 1.54) is 12.8 Å². The van der Waals surface area contributed by atoms with Crippen LogP contribution in [0.4, 0.5) is 0 Å². The van der Waals surface area contributed by atoms with E-state index in [1.54, 1.807) is 0 Å². The normalized spacial score (nSPS) is 34.3. The zero-order valence-corrected chi connectivity index (χ0v) is 7.72. The molecular formula is C8H14ClNO2. The fraction of sp³-hybridized carbons (Fsp3) is 0.875. The van der Waals surface area contributed by atoms with Gasteiger partial charge in [0.1, 0.15) is 0 Å². The lowest BCUT2D eigenvalue weighted by Gasteiger charge is -2.12. The minimum Gasteiger partial charge on any atom is -0.481 e. The molecule has 0 saturated carbocycles. The maximum absolute atomic E-state index is 10.6. The van der Waals surface area contributed by atoms with Gasteiger partial charge in [-0.3, -0.25) is 9.69 Å². The van der Waals surface area contributed by atoms with Crippen LogP contribution in [0.3, 0.4) is 0 Å². The Bertz CT molecular complexity index is 174. The number of aliphatic carboxylic acids is 1. The molecule has 2 rings (SSSR count). The molecule has 0 aromatic heterocycles. The van der Waals surface area contributed by atoms with Crippen molar-refractivity contribution in [2.24, 2.45) is 5.92 Å². The molecule has 0 spiro atoms. The van der Waals surface area contributed by atoms with E-state index in [-0.39, 0.29) is 18.3 Å². The van der Waals surface area contributed by atoms with Gasteiger partial charge in [0.15, 0.2) is 0 Å². The highest BCUT2D eigenvalue weighted by Crippen LogP contribution is 2.31. The van der Waals surface area contributed by atoms with Gasteiger partial charge >= 0.3 is 5.97 Å². The molecule has 0 aromatic rings. The highest BCUT2D eigenvalue weighted by molar-refractivity contribution is 5.85. The fourth-order valence-electron chi connectivity index (χ4n) is 2.27. The van der Waals surface area contributed by atoms with E-state index >= 15 is 0 Å². The van der Waals surface area contributed by atoms with E-state index < -0.39 is 5.97 Å². The average Bonchev–Trinajstić information content (AvgIpc) is 2.40. The van der Waals surface area contributed by atoms with Gasteiger partial charge in [-0.2, -0.15) is 0 Å². The summed E-state index contributed by atoms with van der Waals surface area (Å²) in [6.45, 7) is 1.91. The Hall–Kier alpha value is -0.280. The summed E-state index contributed by atoms with van der Waals surface area (Å²) in [4.78, 5) is 12.9. The number of halogens is 1. The van der Waals surface area contributed by atoms with Crippen LogP contribution in [0, 0.1) is 5.92 Å². The molecule has 2 aliphatic rings. The number of rotatable bonds is 1. The van der Waals surface area contributed by atoms with Gasteiger partial charge in [-0.05, 0) is 25.8 Å². The van der Waals surface area contributed by atoms with Crippen molar-refractivity contribution >= 4 is 18.4 Å². The molecule has 2 aliphatic heterocycles. The van der Waals surface area contributed by atoms with E-state index in [1.807, 2.05) is 0 Å². The van der Waals surface area contributed by atoms with Crippen molar-refractivity contribution in [3.63, 3.8) is 0 Å². The number of carboxylic acid groups (broad SMARTS) is 1. The van der Waals surface area contributed by atoms with Crippen molar-refractivity contribution < 1.29 is 9.90 Å². The highest BCUT2D eigenvalue weighted by atomic mass is 35.5. The van der Waals surface area contributed by atoms with E-state index in [0.717, 1.165) is 19.5 Å². The number of carbonyl (C=O) groups is 1. The Morgan fingerprint density at radius 1 is 1.50 bits per heavy atom. The minimum atomic E-state index is -0.612. The molecule has 2 heterocycles. The smallest absolute Gasteiger partial charge is 0.307 e. The van der Waals surface area contributed by atoms with Crippen molar-refractivity contribution in [3.05, 3.63) is 0 Å². The summed E-state index contributed by atoms with van der Waals surface area (Å²) < 4.78 is 0. The first-order chi connectivity index (χ1) is 5.27. The topological polar surface area (TPSA) is 40.5 Å². The van der Waals surface area contributed by atoms with E-state index in [2.05, 4.69) is 4.90 Å². The molecule has 0 aliphatic carbocycles. The molecule has 0 aromatic carbocycles. The third-order valence-corrected chi connectivity index (χ3v) is 2.86. The van der Waals surface area contributed by atoms with Crippen LogP contribution in [0.25, 0.3) is 0 Å². The Morgan fingerprint density at radius 2 is 2.25 bits per heavy atom. The Kier molecular flexibility index (Phi) is 2.96. The van der Waals surface area contributed by atoms with Crippen LogP contribution in [0.5, 0.6) is 0 Å². The van der Waals surface area contributed by atoms with Crippen molar-refractivity contribution in [1.29, 1.82) is 0 Å². The van der Waals surface area contributed by atoms with Gasteiger partial charge in [-0.1, -0.05) is 0 Å². The monoisotopic (exact) mass is 191 g/mol. The lowest BCUT2D eigenvalue weighted by molar-refractivity contribution is -0.141. The third kappa shape index (κ3) is 1.57. The van der Waals surface area contributed by atoms with Crippen LogP contribution >= 0.6 is 12.4 Å². The van der Waals surface area contributed by atoms with Crippen LogP contribution in [0.1, 0.15) is 19.3 Å². The SMILES string of the molecule is Cl.O=C(O)[C@H]1C[C@@H]2CCCN2C1. The van der Waals surface area contributed by atoms with Gasteiger partial charge in [0.25, 0.3) is 0 Å².